The number of ether oxygens (including phenoxy) is 1. The van der Waals surface area contributed by atoms with Gasteiger partial charge in [-0.05, 0) is 30.7 Å². The molecule has 26 heavy (non-hydrogen) atoms. The van der Waals surface area contributed by atoms with Crippen LogP contribution in [0.4, 0.5) is 4.79 Å². The van der Waals surface area contributed by atoms with Gasteiger partial charge in [-0.3, -0.25) is 4.98 Å². The Labute approximate surface area is 152 Å². The maximum atomic E-state index is 12.4. The molecule has 0 saturated heterocycles. The Balaban J connectivity index is 1.38. The third-order valence-electron chi connectivity index (χ3n) is 4.88. The van der Waals surface area contributed by atoms with E-state index >= 15 is 0 Å². The zero-order valence-corrected chi connectivity index (χ0v) is 14.6. The van der Waals surface area contributed by atoms with Gasteiger partial charge in [-0.2, -0.15) is 0 Å². The van der Waals surface area contributed by atoms with Crippen molar-refractivity contribution in [3.8, 4) is 5.75 Å². The highest BCUT2D eigenvalue weighted by Crippen LogP contribution is 2.35. The summed E-state index contributed by atoms with van der Waals surface area (Å²) in [6, 6.07) is 17.7. The molecule has 2 aromatic carbocycles. The molecule has 0 spiro atoms. The molecule has 132 valence electrons. The highest BCUT2D eigenvalue weighted by Gasteiger charge is 2.29. The Morgan fingerprint density at radius 3 is 2.92 bits per heavy atom. The second-order valence-electron chi connectivity index (χ2n) is 6.56. The van der Waals surface area contributed by atoms with Gasteiger partial charge in [-0.15, -0.1) is 0 Å². The van der Waals surface area contributed by atoms with E-state index in [9.17, 15) is 4.79 Å². The molecule has 1 aliphatic heterocycles. The standard InChI is InChI=1S/C21H21N3O2/c1-14(18-13-26-20-9-5-3-7-17(18)20)24-21(25)23-12-15-10-11-22-19-8-4-2-6-16(15)19/h2-11,14,18H,12-13H2,1H3,(H2,23,24,25)/t14-,18-/m0/s1. The van der Waals surface area contributed by atoms with Crippen molar-refractivity contribution in [1.82, 2.24) is 15.6 Å². The highest BCUT2D eigenvalue weighted by atomic mass is 16.5. The zero-order valence-electron chi connectivity index (χ0n) is 14.6. The van der Waals surface area contributed by atoms with Crippen molar-refractivity contribution in [3.63, 3.8) is 0 Å². The van der Waals surface area contributed by atoms with E-state index in [2.05, 4.69) is 21.7 Å². The van der Waals surface area contributed by atoms with Crippen LogP contribution < -0.4 is 15.4 Å². The van der Waals surface area contributed by atoms with Crippen LogP contribution in [0, 0.1) is 0 Å². The lowest BCUT2D eigenvalue weighted by atomic mass is 9.94. The molecule has 0 saturated carbocycles. The Kier molecular flexibility index (Phi) is 4.44. The first-order valence-corrected chi connectivity index (χ1v) is 8.81. The fraction of sp³-hybridized carbons (Fsp3) is 0.238. The lowest BCUT2D eigenvalue weighted by Gasteiger charge is -2.20. The van der Waals surface area contributed by atoms with Crippen molar-refractivity contribution in [1.29, 1.82) is 0 Å². The van der Waals surface area contributed by atoms with Crippen molar-refractivity contribution in [2.24, 2.45) is 0 Å². The maximum Gasteiger partial charge on any atom is 0.315 e. The smallest absolute Gasteiger partial charge is 0.315 e. The van der Waals surface area contributed by atoms with E-state index in [1.54, 1.807) is 6.20 Å². The fourth-order valence-electron chi connectivity index (χ4n) is 3.44. The van der Waals surface area contributed by atoms with Gasteiger partial charge in [0.2, 0.25) is 0 Å². The molecule has 2 atom stereocenters. The number of amides is 2. The summed E-state index contributed by atoms with van der Waals surface area (Å²) in [6.45, 7) is 3.06. The quantitative estimate of drug-likeness (QED) is 0.758. The lowest BCUT2D eigenvalue weighted by Crippen LogP contribution is -2.43. The van der Waals surface area contributed by atoms with Crippen LogP contribution in [0.15, 0.2) is 60.8 Å². The minimum absolute atomic E-state index is 0.0205. The van der Waals surface area contributed by atoms with Gasteiger partial charge in [0.05, 0.1) is 12.1 Å². The largest absolute Gasteiger partial charge is 0.493 e. The summed E-state index contributed by atoms with van der Waals surface area (Å²) in [5.41, 5.74) is 3.13. The van der Waals surface area contributed by atoms with Crippen LogP contribution in [0.1, 0.15) is 24.0 Å². The van der Waals surface area contributed by atoms with Gasteiger partial charge in [0, 0.05) is 35.7 Å². The number of hydrogen-bond donors (Lipinski definition) is 2. The van der Waals surface area contributed by atoms with Crippen LogP contribution in [-0.4, -0.2) is 23.7 Å². The molecule has 2 heterocycles. The third kappa shape index (κ3) is 3.20. The molecular weight excluding hydrogens is 326 g/mol. The van der Waals surface area contributed by atoms with Gasteiger partial charge in [0.15, 0.2) is 0 Å². The highest BCUT2D eigenvalue weighted by molar-refractivity contribution is 5.82. The van der Waals surface area contributed by atoms with Gasteiger partial charge < -0.3 is 15.4 Å². The van der Waals surface area contributed by atoms with Gasteiger partial charge in [-0.25, -0.2) is 4.79 Å². The minimum Gasteiger partial charge on any atom is -0.493 e. The van der Waals surface area contributed by atoms with Crippen LogP contribution in [0.3, 0.4) is 0 Å². The number of urea groups is 1. The van der Waals surface area contributed by atoms with Gasteiger partial charge in [0.1, 0.15) is 5.75 Å². The van der Waals surface area contributed by atoms with Crippen LogP contribution in [-0.2, 0) is 6.54 Å². The molecule has 0 bridgehead atoms. The van der Waals surface area contributed by atoms with E-state index in [4.69, 9.17) is 4.74 Å². The predicted octanol–water partition coefficient (Wildman–Crippen LogP) is 3.60. The number of nitrogens with zero attached hydrogens (tertiary/aromatic N) is 1. The monoisotopic (exact) mass is 347 g/mol. The fourth-order valence-corrected chi connectivity index (χ4v) is 3.44. The van der Waals surface area contributed by atoms with E-state index < -0.39 is 0 Å². The Bertz CT molecular complexity index is 936. The number of pyridine rings is 1. The Morgan fingerprint density at radius 1 is 1.19 bits per heavy atom. The second kappa shape index (κ2) is 7.04. The summed E-state index contributed by atoms with van der Waals surface area (Å²) in [6.07, 6.45) is 1.77. The molecule has 0 radical (unpaired) electrons. The maximum absolute atomic E-state index is 12.4. The average Bonchev–Trinajstić information content (AvgIpc) is 3.10. The summed E-state index contributed by atoms with van der Waals surface area (Å²) < 4.78 is 5.71. The molecule has 2 N–H and O–H groups in total. The van der Waals surface area contributed by atoms with Crippen molar-refractivity contribution in [2.75, 3.05) is 6.61 Å². The molecule has 2 amide bonds. The molecule has 0 unspecified atom stereocenters. The number of carbonyl (C=O) groups excluding carboxylic acids is 1. The van der Waals surface area contributed by atoms with Crippen LogP contribution in [0.25, 0.3) is 10.9 Å². The number of para-hydroxylation sites is 2. The number of hydrogen-bond acceptors (Lipinski definition) is 3. The van der Waals surface area contributed by atoms with Gasteiger partial charge in [-0.1, -0.05) is 36.4 Å². The normalized spacial score (nSPS) is 16.6. The van der Waals surface area contributed by atoms with Crippen LogP contribution >= 0.6 is 0 Å². The predicted molar refractivity (Wildman–Crippen MR) is 101 cm³/mol. The summed E-state index contributed by atoms with van der Waals surface area (Å²) in [5.74, 6) is 1.08. The van der Waals surface area contributed by atoms with Crippen molar-refractivity contribution in [2.45, 2.75) is 25.4 Å². The Hall–Kier alpha value is -3.08. The van der Waals surface area contributed by atoms with Gasteiger partial charge >= 0.3 is 6.03 Å². The first kappa shape index (κ1) is 16.4. The minimum atomic E-state index is -0.178. The number of benzene rings is 2. The molecule has 0 aliphatic carbocycles. The molecule has 5 heteroatoms. The lowest BCUT2D eigenvalue weighted by molar-refractivity contribution is 0.232. The van der Waals surface area contributed by atoms with Crippen LogP contribution in [0.2, 0.25) is 0 Å². The third-order valence-corrected chi connectivity index (χ3v) is 4.88. The van der Waals surface area contributed by atoms with E-state index in [0.29, 0.717) is 13.2 Å². The molecule has 0 fully saturated rings. The number of rotatable bonds is 4. The SMILES string of the molecule is C[C@H](NC(=O)NCc1ccnc2ccccc12)[C@@H]1COc2ccccc21. The average molecular weight is 347 g/mol. The Morgan fingerprint density at radius 2 is 2.00 bits per heavy atom. The van der Waals surface area contributed by atoms with E-state index in [-0.39, 0.29) is 18.0 Å². The second-order valence-corrected chi connectivity index (χ2v) is 6.56. The summed E-state index contributed by atoms with van der Waals surface area (Å²) in [4.78, 5) is 16.7. The topological polar surface area (TPSA) is 63.2 Å². The first-order chi connectivity index (χ1) is 12.7. The first-order valence-electron chi connectivity index (χ1n) is 8.81. The van der Waals surface area contributed by atoms with Gasteiger partial charge in [0.25, 0.3) is 0 Å². The molecule has 3 aromatic rings. The summed E-state index contributed by atoms with van der Waals surface area (Å²) in [7, 11) is 0. The molecule has 4 rings (SSSR count). The number of nitrogens with one attached hydrogen (secondary N) is 2. The van der Waals surface area contributed by atoms with E-state index in [1.165, 1.54) is 0 Å². The van der Waals surface area contributed by atoms with E-state index in [0.717, 1.165) is 27.8 Å². The number of carbonyl (C=O) groups is 1. The number of fused-ring (bicyclic) bond motifs is 2. The molecule has 5 nitrogen and oxygen atoms in total. The summed E-state index contributed by atoms with van der Waals surface area (Å²) >= 11 is 0. The van der Waals surface area contributed by atoms with Crippen molar-refractivity contribution < 1.29 is 9.53 Å². The molecular formula is C21H21N3O2. The van der Waals surface area contributed by atoms with Crippen LogP contribution in [0.5, 0.6) is 5.75 Å². The van der Waals surface area contributed by atoms with E-state index in [1.807, 2.05) is 55.5 Å². The molecule has 1 aromatic heterocycles. The van der Waals surface area contributed by atoms with Crippen molar-refractivity contribution >= 4 is 16.9 Å². The van der Waals surface area contributed by atoms with Crippen molar-refractivity contribution in [3.05, 3.63) is 71.9 Å². The zero-order chi connectivity index (χ0) is 17.9. The number of aromatic nitrogens is 1. The molecule has 1 aliphatic rings. The summed E-state index contributed by atoms with van der Waals surface area (Å²) in [5, 5.41) is 7.04.